The van der Waals surface area contributed by atoms with Crippen molar-refractivity contribution in [1.82, 2.24) is 5.32 Å². The lowest BCUT2D eigenvalue weighted by Crippen LogP contribution is -2.28. The number of benzene rings is 1. The molecule has 0 atom stereocenters. The molecule has 1 aromatic heterocycles. The Balaban J connectivity index is 1.52. The molecule has 1 aliphatic heterocycles. The third-order valence-electron chi connectivity index (χ3n) is 3.54. The van der Waals surface area contributed by atoms with Crippen LogP contribution in [0.5, 0.6) is 0 Å². The zero-order chi connectivity index (χ0) is 17.0. The number of anilines is 1. The molecule has 2 heterocycles. The zero-order valence-corrected chi connectivity index (χ0v) is 13.7. The van der Waals surface area contributed by atoms with Gasteiger partial charge in [0.25, 0.3) is 10.0 Å². The lowest BCUT2D eigenvalue weighted by atomic mass is 10.2. The fraction of sp³-hybridized carbons (Fsp3) is 0.250. The van der Waals surface area contributed by atoms with Crippen molar-refractivity contribution < 1.29 is 17.6 Å². The minimum atomic E-state index is -3.70. The first-order chi connectivity index (χ1) is 11.5. The number of para-hydroxylation sites is 1. The van der Waals surface area contributed by atoms with Gasteiger partial charge in [-0.15, -0.1) is 4.40 Å². The highest BCUT2D eigenvalue weighted by Gasteiger charge is 2.24. The van der Waals surface area contributed by atoms with Gasteiger partial charge < -0.3 is 15.1 Å². The first-order valence-corrected chi connectivity index (χ1v) is 8.97. The number of carbonyl (C=O) groups is 1. The summed E-state index contributed by atoms with van der Waals surface area (Å²) >= 11 is 0. The summed E-state index contributed by atoms with van der Waals surface area (Å²) in [4.78, 5) is 12.0. The molecule has 3 rings (SSSR count). The van der Waals surface area contributed by atoms with Crippen LogP contribution in [0.3, 0.4) is 0 Å². The molecule has 126 valence electrons. The molecule has 1 amide bonds. The van der Waals surface area contributed by atoms with Crippen LogP contribution in [-0.4, -0.2) is 26.7 Å². The van der Waals surface area contributed by atoms with Gasteiger partial charge in [0.15, 0.2) is 0 Å². The van der Waals surface area contributed by atoms with Gasteiger partial charge in [-0.3, -0.25) is 4.79 Å². The van der Waals surface area contributed by atoms with Crippen LogP contribution < -0.4 is 10.6 Å². The molecule has 2 N–H and O–H groups in total. The highest BCUT2D eigenvalue weighted by molar-refractivity contribution is 7.90. The quantitative estimate of drug-likeness (QED) is 0.831. The standard InChI is InChI=1S/C16H17N3O4S/c20-16(17-10-9-12-4-3-11-23-12)8-7-15-18-13-5-1-2-6-14(13)24(21,22)19-15/h1-6,11H,7-10H2,(H,17,20)(H,18,19). The van der Waals surface area contributed by atoms with Crippen molar-refractivity contribution in [1.29, 1.82) is 0 Å². The minimum Gasteiger partial charge on any atom is -0.469 e. The predicted molar refractivity (Wildman–Crippen MR) is 89.3 cm³/mol. The van der Waals surface area contributed by atoms with E-state index in [-0.39, 0.29) is 29.5 Å². The Morgan fingerprint density at radius 1 is 1.17 bits per heavy atom. The van der Waals surface area contributed by atoms with E-state index in [1.165, 1.54) is 6.07 Å². The van der Waals surface area contributed by atoms with Gasteiger partial charge in [0.05, 0.1) is 12.0 Å². The maximum absolute atomic E-state index is 12.1. The number of amidine groups is 1. The molecule has 1 aliphatic rings. The molecular formula is C16H17N3O4S. The van der Waals surface area contributed by atoms with Gasteiger partial charge >= 0.3 is 0 Å². The van der Waals surface area contributed by atoms with Crippen molar-refractivity contribution in [3.63, 3.8) is 0 Å². The maximum atomic E-state index is 12.1. The zero-order valence-electron chi connectivity index (χ0n) is 12.9. The predicted octanol–water partition coefficient (Wildman–Crippen LogP) is 1.93. The molecule has 0 bridgehead atoms. The summed E-state index contributed by atoms with van der Waals surface area (Å²) in [6, 6.07) is 10.2. The Morgan fingerprint density at radius 2 is 2.00 bits per heavy atom. The van der Waals surface area contributed by atoms with Crippen LogP contribution in [0.4, 0.5) is 5.69 Å². The lowest BCUT2D eigenvalue weighted by molar-refractivity contribution is -0.120. The third kappa shape index (κ3) is 3.83. The van der Waals surface area contributed by atoms with Gasteiger partial charge in [0.1, 0.15) is 16.5 Å². The number of carbonyl (C=O) groups excluding carboxylic acids is 1. The van der Waals surface area contributed by atoms with E-state index in [1.807, 2.05) is 6.07 Å². The van der Waals surface area contributed by atoms with Crippen molar-refractivity contribution in [2.24, 2.45) is 4.40 Å². The summed E-state index contributed by atoms with van der Waals surface area (Å²) in [7, 11) is -3.70. The number of fused-ring (bicyclic) bond motifs is 1. The topological polar surface area (TPSA) is 101 Å². The van der Waals surface area contributed by atoms with Gasteiger partial charge in [0.2, 0.25) is 5.91 Å². The van der Waals surface area contributed by atoms with Crippen LogP contribution in [0.1, 0.15) is 18.6 Å². The molecular weight excluding hydrogens is 330 g/mol. The van der Waals surface area contributed by atoms with E-state index >= 15 is 0 Å². The number of hydrogen-bond acceptors (Lipinski definition) is 5. The largest absolute Gasteiger partial charge is 0.469 e. The van der Waals surface area contributed by atoms with E-state index in [2.05, 4.69) is 15.0 Å². The van der Waals surface area contributed by atoms with Crippen LogP contribution in [0.15, 0.2) is 56.4 Å². The van der Waals surface area contributed by atoms with Crippen molar-refractivity contribution in [2.45, 2.75) is 24.2 Å². The summed E-state index contributed by atoms with van der Waals surface area (Å²) in [6.45, 7) is 0.466. The first-order valence-electron chi connectivity index (χ1n) is 7.53. The molecule has 24 heavy (non-hydrogen) atoms. The number of rotatable bonds is 6. The molecule has 0 radical (unpaired) electrons. The molecule has 7 nitrogen and oxygen atoms in total. The van der Waals surface area contributed by atoms with Crippen LogP contribution in [0.2, 0.25) is 0 Å². The smallest absolute Gasteiger partial charge is 0.286 e. The number of nitrogens with one attached hydrogen (secondary N) is 2. The Kier molecular flexibility index (Phi) is 4.66. The van der Waals surface area contributed by atoms with Crippen LogP contribution in [-0.2, 0) is 21.2 Å². The van der Waals surface area contributed by atoms with Crippen molar-refractivity contribution in [2.75, 3.05) is 11.9 Å². The minimum absolute atomic E-state index is 0.150. The van der Waals surface area contributed by atoms with Gasteiger partial charge in [0, 0.05) is 25.8 Å². The molecule has 1 aromatic carbocycles. The fourth-order valence-electron chi connectivity index (χ4n) is 2.38. The van der Waals surface area contributed by atoms with Crippen LogP contribution in [0.25, 0.3) is 0 Å². The average molecular weight is 347 g/mol. The molecule has 0 unspecified atom stereocenters. The molecule has 0 spiro atoms. The van der Waals surface area contributed by atoms with E-state index < -0.39 is 10.0 Å². The maximum Gasteiger partial charge on any atom is 0.286 e. The summed E-state index contributed by atoms with van der Waals surface area (Å²) in [5, 5.41) is 5.73. The van der Waals surface area contributed by atoms with Gasteiger partial charge in [-0.2, -0.15) is 8.42 Å². The number of sulfonamides is 1. The molecule has 0 saturated heterocycles. The number of nitrogens with zero attached hydrogens (tertiary/aromatic N) is 1. The van der Waals surface area contributed by atoms with Crippen LogP contribution >= 0.6 is 0 Å². The molecule has 0 aliphatic carbocycles. The lowest BCUT2D eigenvalue weighted by Gasteiger charge is -2.17. The van der Waals surface area contributed by atoms with E-state index in [0.29, 0.717) is 18.7 Å². The second-order valence-corrected chi connectivity index (χ2v) is 6.89. The second-order valence-electron chi connectivity index (χ2n) is 5.31. The van der Waals surface area contributed by atoms with Crippen LogP contribution in [0, 0.1) is 0 Å². The summed E-state index contributed by atoms with van der Waals surface area (Å²) in [5.41, 5.74) is 0.487. The highest BCUT2D eigenvalue weighted by Crippen LogP contribution is 2.27. The molecule has 2 aromatic rings. The Hall–Kier alpha value is -2.61. The number of furan rings is 1. The van der Waals surface area contributed by atoms with E-state index in [1.54, 1.807) is 30.5 Å². The summed E-state index contributed by atoms with van der Waals surface area (Å²) in [5.74, 6) is 0.911. The SMILES string of the molecule is O=C(CCC1=NS(=O)(=O)c2ccccc2N1)NCCc1ccco1. The summed E-state index contributed by atoms with van der Waals surface area (Å²) < 4.78 is 33.1. The molecule has 0 fully saturated rings. The van der Waals surface area contributed by atoms with Gasteiger partial charge in [-0.1, -0.05) is 12.1 Å². The van der Waals surface area contributed by atoms with Crippen molar-refractivity contribution in [3.8, 4) is 0 Å². The van der Waals surface area contributed by atoms with Crippen molar-refractivity contribution in [3.05, 3.63) is 48.4 Å². The molecule has 0 saturated carbocycles. The van der Waals surface area contributed by atoms with E-state index in [0.717, 1.165) is 5.76 Å². The average Bonchev–Trinajstić information content (AvgIpc) is 3.06. The Bertz CT molecular complexity index is 857. The molecule has 8 heteroatoms. The van der Waals surface area contributed by atoms with Gasteiger partial charge in [-0.05, 0) is 24.3 Å². The van der Waals surface area contributed by atoms with E-state index in [4.69, 9.17) is 4.42 Å². The third-order valence-corrected chi connectivity index (χ3v) is 4.91. The first kappa shape index (κ1) is 16.3. The van der Waals surface area contributed by atoms with E-state index in [9.17, 15) is 13.2 Å². The number of hydrogen-bond donors (Lipinski definition) is 2. The van der Waals surface area contributed by atoms with Gasteiger partial charge in [-0.25, -0.2) is 0 Å². The normalized spacial score (nSPS) is 15.1. The monoisotopic (exact) mass is 347 g/mol. The highest BCUT2D eigenvalue weighted by atomic mass is 32.2. The van der Waals surface area contributed by atoms with Crippen molar-refractivity contribution >= 4 is 27.5 Å². The Morgan fingerprint density at radius 3 is 2.79 bits per heavy atom. The second kappa shape index (κ2) is 6.88. The summed E-state index contributed by atoms with van der Waals surface area (Å²) in [6.07, 6.45) is 2.57. The Labute approximate surface area is 139 Å². The fourth-order valence-corrected chi connectivity index (χ4v) is 3.55. The number of amides is 1.